The lowest BCUT2D eigenvalue weighted by molar-refractivity contribution is -0.122. The van der Waals surface area contributed by atoms with E-state index in [1.807, 2.05) is 0 Å². The van der Waals surface area contributed by atoms with Crippen LogP contribution in [0.15, 0.2) is 0 Å². The summed E-state index contributed by atoms with van der Waals surface area (Å²) in [6, 6.07) is -0.340. The normalized spacial score (nSPS) is 22.7. The van der Waals surface area contributed by atoms with Gasteiger partial charge >= 0.3 is 0 Å². The molecule has 0 aromatic carbocycles. The van der Waals surface area contributed by atoms with Gasteiger partial charge < -0.3 is 15.8 Å². The van der Waals surface area contributed by atoms with Gasteiger partial charge in [-0.05, 0) is 12.8 Å². The van der Waals surface area contributed by atoms with Crippen LogP contribution >= 0.6 is 0 Å². The average molecular weight is 214 g/mol. The number of nitrogens with one attached hydrogen (secondary N) is 1. The minimum atomic E-state index is -0.340. The zero-order valence-corrected chi connectivity index (χ0v) is 9.50. The number of carbonyl (C=O) groups excluding carboxylic acids is 1. The molecule has 1 aliphatic rings. The average Bonchev–Trinajstić information content (AvgIpc) is 2.75. The Bertz CT molecular complexity index is 191. The molecule has 1 rings (SSSR count). The van der Waals surface area contributed by atoms with E-state index in [2.05, 4.69) is 12.2 Å². The molecule has 1 fully saturated rings. The Kier molecular flexibility index (Phi) is 5.65. The summed E-state index contributed by atoms with van der Waals surface area (Å²) in [4.78, 5) is 11.5. The van der Waals surface area contributed by atoms with E-state index >= 15 is 0 Å². The number of hydrogen-bond acceptors (Lipinski definition) is 3. The second kappa shape index (κ2) is 6.80. The Hall–Kier alpha value is -0.610. The van der Waals surface area contributed by atoms with E-state index in [9.17, 15) is 4.79 Å². The van der Waals surface area contributed by atoms with Gasteiger partial charge in [-0.3, -0.25) is 4.79 Å². The van der Waals surface area contributed by atoms with E-state index < -0.39 is 0 Å². The fourth-order valence-corrected chi connectivity index (χ4v) is 1.68. The topological polar surface area (TPSA) is 64.4 Å². The maximum atomic E-state index is 11.5. The van der Waals surface area contributed by atoms with Gasteiger partial charge in [0.1, 0.15) is 0 Å². The van der Waals surface area contributed by atoms with Gasteiger partial charge in [-0.1, -0.05) is 19.8 Å². The lowest BCUT2D eigenvalue weighted by atomic mass is 10.1. The molecule has 88 valence electrons. The highest BCUT2D eigenvalue weighted by Gasteiger charge is 2.18. The number of rotatable bonds is 6. The van der Waals surface area contributed by atoms with Crippen molar-refractivity contribution in [3.05, 3.63) is 0 Å². The first-order chi connectivity index (χ1) is 7.24. The van der Waals surface area contributed by atoms with Gasteiger partial charge in [-0.15, -0.1) is 0 Å². The zero-order chi connectivity index (χ0) is 11.1. The van der Waals surface area contributed by atoms with E-state index in [-0.39, 0.29) is 11.9 Å². The van der Waals surface area contributed by atoms with Crippen molar-refractivity contribution in [3.8, 4) is 0 Å². The molecule has 2 unspecified atom stereocenters. The first kappa shape index (κ1) is 12.5. The number of carbonyl (C=O) groups is 1. The summed E-state index contributed by atoms with van der Waals surface area (Å²) in [6.07, 6.45) is 3.92. The smallest absolute Gasteiger partial charge is 0.236 e. The zero-order valence-electron chi connectivity index (χ0n) is 9.50. The molecule has 2 atom stereocenters. The standard InChI is InChI=1S/C11H22N2O2/c1-2-3-4-10(12)11(14)13-7-9-5-6-15-8-9/h9-10H,2-8,12H2,1H3,(H,13,14). The van der Waals surface area contributed by atoms with Crippen molar-refractivity contribution in [1.82, 2.24) is 5.32 Å². The van der Waals surface area contributed by atoms with Crippen LogP contribution in [-0.2, 0) is 9.53 Å². The molecular formula is C11H22N2O2. The van der Waals surface area contributed by atoms with E-state index in [1.54, 1.807) is 0 Å². The van der Waals surface area contributed by atoms with Crippen LogP contribution in [0.25, 0.3) is 0 Å². The van der Waals surface area contributed by atoms with Crippen LogP contribution < -0.4 is 11.1 Å². The summed E-state index contributed by atoms with van der Waals surface area (Å²) in [5.74, 6) is 0.461. The SMILES string of the molecule is CCCCC(N)C(=O)NCC1CCOC1. The van der Waals surface area contributed by atoms with Crippen molar-refractivity contribution in [1.29, 1.82) is 0 Å². The summed E-state index contributed by atoms with van der Waals surface area (Å²) in [5.41, 5.74) is 5.74. The first-order valence-electron chi connectivity index (χ1n) is 5.85. The van der Waals surface area contributed by atoms with Crippen molar-refractivity contribution in [2.24, 2.45) is 11.7 Å². The van der Waals surface area contributed by atoms with Gasteiger partial charge in [-0.25, -0.2) is 0 Å². The molecule has 0 spiro atoms. The molecule has 15 heavy (non-hydrogen) atoms. The molecule has 0 aromatic rings. The molecule has 0 aliphatic carbocycles. The molecule has 1 aliphatic heterocycles. The molecule has 4 nitrogen and oxygen atoms in total. The van der Waals surface area contributed by atoms with E-state index in [1.165, 1.54) is 0 Å². The number of amides is 1. The van der Waals surface area contributed by atoms with E-state index in [4.69, 9.17) is 10.5 Å². The van der Waals surface area contributed by atoms with Gasteiger partial charge in [0.2, 0.25) is 5.91 Å². The largest absolute Gasteiger partial charge is 0.381 e. The summed E-state index contributed by atoms with van der Waals surface area (Å²) >= 11 is 0. The highest BCUT2D eigenvalue weighted by Crippen LogP contribution is 2.10. The number of ether oxygens (including phenoxy) is 1. The second-order valence-electron chi connectivity index (χ2n) is 4.22. The number of unbranched alkanes of at least 4 members (excludes halogenated alkanes) is 1. The van der Waals surface area contributed by atoms with Crippen LogP contribution in [0.5, 0.6) is 0 Å². The minimum Gasteiger partial charge on any atom is -0.381 e. The van der Waals surface area contributed by atoms with Crippen molar-refractivity contribution < 1.29 is 9.53 Å². The molecule has 1 amide bonds. The number of hydrogen-bond donors (Lipinski definition) is 2. The molecule has 0 bridgehead atoms. The van der Waals surface area contributed by atoms with E-state index in [0.29, 0.717) is 12.5 Å². The second-order valence-corrected chi connectivity index (χ2v) is 4.22. The summed E-state index contributed by atoms with van der Waals surface area (Å²) in [7, 11) is 0. The first-order valence-corrected chi connectivity index (χ1v) is 5.85. The predicted octanol–water partition coefficient (Wildman–Crippen LogP) is 0.657. The molecule has 4 heteroatoms. The Morgan fingerprint density at radius 2 is 2.47 bits per heavy atom. The molecule has 1 heterocycles. The van der Waals surface area contributed by atoms with Crippen LogP contribution in [0.3, 0.4) is 0 Å². The summed E-state index contributed by atoms with van der Waals surface area (Å²) in [6.45, 7) is 4.39. The minimum absolute atomic E-state index is 0.0182. The maximum Gasteiger partial charge on any atom is 0.236 e. The van der Waals surface area contributed by atoms with Gasteiger partial charge in [0.05, 0.1) is 12.6 Å². The van der Waals surface area contributed by atoms with Gasteiger partial charge in [0.15, 0.2) is 0 Å². The Labute approximate surface area is 91.5 Å². The predicted molar refractivity (Wildman–Crippen MR) is 59.4 cm³/mol. The maximum absolute atomic E-state index is 11.5. The third kappa shape index (κ3) is 4.62. The van der Waals surface area contributed by atoms with E-state index in [0.717, 1.165) is 38.9 Å². The van der Waals surface area contributed by atoms with Crippen LogP contribution in [0, 0.1) is 5.92 Å². The van der Waals surface area contributed by atoms with Crippen LogP contribution in [-0.4, -0.2) is 31.7 Å². The van der Waals surface area contributed by atoms with Gasteiger partial charge in [-0.2, -0.15) is 0 Å². The molecule has 0 aromatic heterocycles. The van der Waals surface area contributed by atoms with Crippen LogP contribution in [0.4, 0.5) is 0 Å². The summed E-state index contributed by atoms with van der Waals surface area (Å²) < 4.78 is 5.23. The fraction of sp³-hybridized carbons (Fsp3) is 0.909. The van der Waals surface area contributed by atoms with Gasteiger partial charge in [0.25, 0.3) is 0 Å². The third-order valence-corrected chi connectivity index (χ3v) is 2.79. The third-order valence-electron chi connectivity index (χ3n) is 2.79. The molecule has 3 N–H and O–H groups in total. The quantitative estimate of drug-likeness (QED) is 0.682. The monoisotopic (exact) mass is 214 g/mol. The van der Waals surface area contributed by atoms with Crippen LogP contribution in [0.1, 0.15) is 32.6 Å². The number of nitrogens with two attached hydrogens (primary N) is 1. The van der Waals surface area contributed by atoms with Crippen molar-refractivity contribution >= 4 is 5.91 Å². The van der Waals surface area contributed by atoms with Crippen molar-refractivity contribution in [2.45, 2.75) is 38.6 Å². The Morgan fingerprint density at radius 3 is 3.07 bits per heavy atom. The van der Waals surface area contributed by atoms with Crippen molar-refractivity contribution in [3.63, 3.8) is 0 Å². The highest BCUT2D eigenvalue weighted by molar-refractivity contribution is 5.81. The Balaban J connectivity index is 2.11. The summed E-state index contributed by atoms with van der Waals surface area (Å²) in [5, 5.41) is 2.89. The lowest BCUT2D eigenvalue weighted by Gasteiger charge is -2.13. The molecule has 0 radical (unpaired) electrons. The highest BCUT2D eigenvalue weighted by atomic mass is 16.5. The van der Waals surface area contributed by atoms with Crippen molar-refractivity contribution in [2.75, 3.05) is 19.8 Å². The lowest BCUT2D eigenvalue weighted by Crippen LogP contribution is -2.42. The molecule has 1 saturated heterocycles. The molecular weight excluding hydrogens is 192 g/mol. The Morgan fingerprint density at radius 1 is 1.67 bits per heavy atom. The van der Waals surface area contributed by atoms with Crippen LogP contribution in [0.2, 0.25) is 0 Å². The molecule has 0 saturated carbocycles. The van der Waals surface area contributed by atoms with Gasteiger partial charge in [0, 0.05) is 19.1 Å². The fourth-order valence-electron chi connectivity index (χ4n) is 1.68.